The van der Waals surface area contributed by atoms with Crippen LogP contribution in [0.2, 0.25) is 0 Å². The van der Waals surface area contributed by atoms with Crippen LogP contribution in [-0.4, -0.2) is 43.9 Å². The maximum Gasteiger partial charge on any atom is 0.182 e. The maximum absolute atomic E-state index is 11.7. The number of rotatable bonds is 3. The zero-order valence-electron chi connectivity index (χ0n) is 9.46. The second-order valence-corrected chi connectivity index (χ2v) is 6.96. The Morgan fingerprint density at radius 1 is 1.65 bits per heavy atom. The van der Waals surface area contributed by atoms with Crippen LogP contribution < -0.4 is 10.6 Å². The summed E-state index contributed by atoms with van der Waals surface area (Å²) in [6, 6.07) is 0. The molecule has 3 N–H and O–H groups in total. The zero-order valence-corrected chi connectivity index (χ0v) is 11.1. The second kappa shape index (κ2) is 4.43. The number of nitrogens with zero attached hydrogens (tertiary/aromatic N) is 2. The molecule has 1 aliphatic heterocycles. The first-order chi connectivity index (χ1) is 7.93. The molecule has 17 heavy (non-hydrogen) atoms. The summed E-state index contributed by atoms with van der Waals surface area (Å²) in [5.74, 6) is 0.269. The second-order valence-electron chi connectivity index (χ2n) is 4.26. The summed E-state index contributed by atoms with van der Waals surface area (Å²) >= 11 is 1.10. The molecular formula is C9H15N3O3S2. The van der Waals surface area contributed by atoms with Gasteiger partial charge in [0.05, 0.1) is 0 Å². The van der Waals surface area contributed by atoms with Gasteiger partial charge in [0.25, 0.3) is 0 Å². The quantitative estimate of drug-likeness (QED) is 0.804. The average molecular weight is 277 g/mol. The minimum absolute atomic E-state index is 0.0694. The fourth-order valence-electron chi connectivity index (χ4n) is 2.00. The van der Waals surface area contributed by atoms with E-state index >= 15 is 0 Å². The standard InChI is InChI=1S/C9H15N3O3S2/c1-17(14,15)7-8(10)11-16-9(7)12-3-2-6(4-12)5-13/h6,13H,2-5H2,1H3,(H2,10,11). The Bertz CT molecular complexity index is 512. The summed E-state index contributed by atoms with van der Waals surface area (Å²) in [6.07, 6.45) is 1.99. The zero-order chi connectivity index (χ0) is 12.6. The van der Waals surface area contributed by atoms with Crippen molar-refractivity contribution < 1.29 is 13.5 Å². The maximum atomic E-state index is 11.7. The van der Waals surface area contributed by atoms with Gasteiger partial charge in [-0.15, -0.1) is 0 Å². The molecular weight excluding hydrogens is 262 g/mol. The lowest BCUT2D eigenvalue weighted by Gasteiger charge is -2.16. The van der Waals surface area contributed by atoms with E-state index in [-0.39, 0.29) is 23.2 Å². The number of hydrogen-bond acceptors (Lipinski definition) is 7. The molecule has 1 unspecified atom stereocenters. The Labute approximate surface area is 104 Å². The third-order valence-corrected chi connectivity index (χ3v) is 5.06. The van der Waals surface area contributed by atoms with Crippen molar-refractivity contribution in [1.29, 1.82) is 0 Å². The summed E-state index contributed by atoms with van der Waals surface area (Å²) in [5, 5.41) is 9.68. The van der Waals surface area contributed by atoms with Crippen LogP contribution in [0.25, 0.3) is 0 Å². The van der Waals surface area contributed by atoms with Crippen LogP contribution in [0.5, 0.6) is 0 Å². The number of nitrogen functional groups attached to an aromatic ring is 1. The number of sulfone groups is 1. The van der Waals surface area contributed by atoms with Gasteiger partial charge in [-0.05, 0) is 18.0 Å². The van der Waals surface area contributed by atoms with Crippen LogP contribution in [0, 0.1) is 5.92 Å². The van der Waals surface area contributed by atoms with Gasteiger partial charge in [-0.3, -0.25) is 0 Å². The van der Waals surface area contributed by atoms with E-state index in [1.54, 1.807) is 0 Å². The fourth-order valence-corrected chi connectivity index (χ4v) is 4.24. The molecule has 96 valence electrons. The van der Waals surface area contributed by atoms with Crippen LogP contribution in [-0.2, 0) is 9.84 Å². The predicted octanol–water partition coefficient (Wildman–Crippen LogP) is -0.0526. The number of aromatic nitrogens is 1. The van der Waals surface area contributed by atoms with Crippen molar-refractivity contribution in [3.63, 3.8) is 0 Å². The van der Waals surface area contributed by atoms with Gasteiger partial charge in [-0.1, -0.05) is 0 Å². The first kappa shape index (κ1) is 12.6. The van der Waals surface area contributed by atoms with Gasteiger partial charge in [-0.25, -0.2) is 8.42 Å². The Morgan fingerprint density at radius 3 is 2.88 bits per heavy atom. The van der Waals surface area contributed by atoms with Gasteiger partial charge in [0, 0.05) is 31.9 Å². The molecule has 1 fully saturated rings. The Kier molecular flexibility index (Phi) is 3.28. The van der Waals surface area contributed by atoms with Crippen molar-refractivity contribution in [2.75, 3.05) is 36.6 Å². The van der Waals surface area contributed by atoms with Crippen molar-refractivity contribution in [2.24, 2.45) is 5.92 Å². The van der Waals surface area contributed by atoms with E-state index < -0.39 is 9.84 Å². The van der Waals surface area contributed by atoms with Crippen molar-refractivity contribution in [3.05, 3.63) is 0 Å². The fraction of sp³-hybridized carbons (Fsp3) is 0.667. The normalized spacial score (nSPS) is 21.1. The van der Waals surface area contributed by atoms with Crippen molar-refractivity contribution in [1.82, 2.24) is 4.37 Å². The highest BCUT2D eigenvalue weighted by Crippen LogP contribution is 2.37. The third-order valence-electron chi connectivity index (χ3n) is 2.86. The predicted molar refractivity (Wildman–Crippen MR) is 67.0 cm³/mol. The topological polar surface area (TPSA) is 96.5 Å². The number of aliphatic hydroxyl groups is 1. The molecule has 0 aromatic carbocycles. The molecule has 1 aliphatic rings. The molecule has 1 aromatic heterocycles. The van der Waals surface area contributed by atoms with Crippen LogP contribution in [0.1, 0.15) is 6.42 Å². The highest BCUT2D eigenvalue weighted by atomic mass is 32.2. The first-order valence-electron chi connectivity index (χ1n) is 5.24. The van der Waals surface area contributed by atoms with Crippen LogP contribution >= 0.6 is 11.5 Å². The summed E-state index contributed by atoms with van der Waals surface area (Å²) < 4.78 is 27.2. The largest absolute Gasteiger partial charge is 0.396 e. The summed E-state index contributed by atoms with van der Waals surface area (Å²) in [5.41, 5.74) is 5.61. The molecule has 1 atom stereocenters. The Balaban J connectivity index is 2.35. The van der Waals surface area contributed by atoms with Gasteiger partial charge < -0.3 is 15.7 Å². The van der Waals surface area contributed by atoms with Crippen LogP contribution in [0.4, 0.5) is 10.8 Å². The van der Waals surface area contributed by atoms with Crippen molar-refractivity contribution in [3.8, 4) is 0 Å². The van der Waals surface area contributed by atoms with Crippen molar-refractivity contribution in [2.45, 2.75) is 11.3 Å². The van der Waals surface area contributed by atoms with E-state index in [1.807, 2.05) is 4.90 Å². The van der Waals surface area contributed by atoms with Crippen molar-refractivity contribution >= 4 is 32.2 Å². The molecule has 2 heterocycles. The molecule has 0 spiro atoms. The SMILES string of the molecule is CS(=O)(=O)c1c(N)nsc1N1CCC(CO)C1. The Morgan fingerprint density at radius 2 is 2.35 bits per heavy atom. The number of hydrogen-bond donors (Lipinski definition) is 2. The Hall–Kier alpha value is -0.860. The number of anilines is 2. The molecule has 0 aliphatic carbocycles. The molecule has 2 rings (SSSR count). The minimum Gasteiger partial charge on any atom is -0.396 e. The first-order valence-corrected chi connectivity index (χ1v) is 7.91. The molecule has 0 bridgehead atoms. The highest BCUT2D eigenvalue weighted by molar-refractivity contribution is 7.91. The molecule has 8 heteroatoms. The van der Waals surface area contributed by atoms with E-state index in [4.69, 9.17) is 10.8 Å². The molecule has 6 nitrogen and oxygen atoms in total. The average Bonchev–Trinajstić information content (AvgIpc) is 2.81. The van der Waals surface area contributed by atoms with Gasteiger partial charge in [0.2, 0.25) is 0 Å². The molecule has 0 radical (unpaired) electrons. The third kappa shape index (κ3) is 2.38. The van der Waals surface area contributed by atoms with E-state index in [0.29, 0.717) is 11.5 Å². The van der Waals surface area contributed by atoms with E-state index in [0.717, 1.165) is 30.8 Å². The summed E-state index contributed by atoms with van der Waals surface area (Å²) in [6.45, 7) is 1.51. The van der Waals surface area contributed by atoms with Gasteiger partial charge >= 0.3 is 0 Å². The van der Waals surface area contributed by atoms with E-state index in [1.165, 1.54) is 0 Å². The highest BCUT2D eigenvalue weighted by Gasteiger charge is 2.30. The summed E-state index contributed by atoms with van der Waals surface area (Å²) in [4.78, 5) is 2.06. The monoisotopic (exact) mass is 277 g/mol. The van der Waals surface area contributed by atoms with E-state index in [9.17, 15) is 8.42 Å². The van der Waals surface area contributed by atoms with Gasteiger partial charge in [0.1, 0.15) is 9.90 Å². The van der Waals surface area contributed by atoms with E-state index in [2.05, 4.69) is 4.37 Å². The minimum atomic E-state index is -3.36. The molecule has 0 saturated carbocycles. The van der Waals surface area contributed by atoms with Gasteiger partial charge in [0.15, 0.2) is 15.7 Å². The van der Waals surface area contributed by atoms with Crippen LogP contribution in [0.15, 0.2) is 4.90 Å². The number of nitrogens with two attached hydrogens (primary N) is 1. The summed E-state index contributed by atoms with van der Waals surface area (Å²) in [7, 11) is -3.36. The smallest absolute Gasteiger partial charge is 0.182 e. The lowest BCUT2D eigenvalue weighted by Crippen LogP contribution is -2.21. The molecule has 1 saturated heterocycles. The molecule has 0 amide bonds. The molecule has 1 aromatic rings. The number of aliphatic hydroxyl groups excluding tert-OH is 1. The lowest BCUT2D eigenvalue weighted by molar-refractivity contribution is 0.238. The van der Waals surface area contributed by atoms with Gasteiger partial charge in [-0.2, -0.15) is 4.37 Å². The lowest BCUT2D eigenvalue weighted by atomic mass is 10.1. The van der Waals surface area contributed by atoms with Crippen LogP contribution in [0.3, 0.4) is 0 Å².